The summed E-state index contributed by atoms with van der Waals surface area (Å²) in [6.07, 6.45) is 0. The maximum Gasteiger partial charge on any atom is 0.139 e. The van der Waals surface area contributed by atoms with Crippen molar-refractivity contribution >= 4 is 17.4 Å². The Bertz CT molecular complexity index is 631. The van der Waals surface area contributed by atoms with Gasteiger partial charge in [-0.05, 0) is 17.7 Å². The fourth-order valence-corrected chi connectivity index (χ4v) is 1.98. The van der Waals surface area contributed by atoms with Crippen molar-refractivity contribution in [2.24, 2.45) is 5.73 Å². The van der Waals surface area contributed by atoms with E-state index >= 15 is 0 Å². The Morgan fingerprint density at radius 2 is 1.75 bits per heavy atom. The zero-order valence-electron chi connectivity index (χ0n) is 10.7. The number of benzene rings is 2. The van der Waals surface area contributed by atoms with Crippen LogP contribution in [-0.4, -0.2) is 5.84 Å². The van der Waals surface area contributed by atoms with E-state index in [1.54, 1.807) is 18.2 Å². The summed E-state index contributed by atoms with van der Waals surface area (Å²) in [4.78, 5) is 0. The molecule has 2 rings (SSSR count). The summed E-state index contributed by atoms with van der Waals surface area (Å²) in [6.45, 7) is 0.390. The van der Waals surface area contributed by atoms with Crippen molar-refractivity contribution in [3.8, 4) is 0 Å². The van der Waals surface area contributed by atoms with Crippen LogP contribution in [-0.2, 0) is 18.0 Å². The molecule has 0 aliphatic heterocycles. The second-order valence-corrected chi connectivity index (χ2v) is 4.68. The van der Waals surface area contributed by atoms with E-state index in [9.17, 15) is 4.39 Å². The molecule has 20 heavy (non-hydrogen) atoms. The fourth-order valence-electron chi connectivity index (χ4n) is 1.79. The third kappa shape index (κ3) is 3.35. The van der Waals surface area contributed by atoms with Gasteiger partial charge < -0.3 is 10.5 Å². The van der Waals surface area contributed by atoms with Gasteiger partial charge in [0, 0.05) is 10.6 Å². The van der Waals surface area contributed by atoms with Gasteiger partial charge in [-0.1, -0.05) is 41.9 Å². The van der Waals surface area contributed by atoms with E-state index in [-0.39, 0.29) is 18.0 Å². The molecule has 0 bridgehead atoms. The topological polar surface area (TPSA) is 59.1 Å². The minimum atomic E-state index is -0.515. The fraction of sp³-hybridized carbons (Fsp3) is 0.133. The van der Waals surface area contributed by atoms with Crippen LogP contribution in [0.2, 0.25) is 5.02 Å². The molecular weight excluding hydrogens is 279 g/mol. The highest BCUT2D eigenvalue weighted by molar-refractivity contribution is 6.31. The predicted octanol–water partition coefficient (Wildman–Crippen LogP) is 3.48. The number of halogens is 2. The lowest BCUT2D eigenvalue weighted by atomic mass is 10.1. The highest BCUT2D eigenvalue weighted by Crippen LogP contribution is 2.18. The van der Waals surface area contributed by atoms with E-state index < -0.39 is 5.82 Å². The molecule has 0 amide bonds. The normalized spacial score (nSPS) is 10.5. The van der Waals surface area contributed by atoms with E-state index in [1.807, 2.05) is 18.2 Å². The van der Waals surface area contributed by atoms with Crippen LogP contribution in [0.1, 0.15) is 16.7 Å². The summed E-state index contributed by atoms with van der Waals surface area (Å²) in [5, 5.41) is 7.91. The summed E-state index contributed by atoms with van der Waals surface area (Å²) in [7, 11) is 0. The summed E-state index contributed by atoms with van der Waals surface area (Å²) in [5.41, 5.74) is 6.61. The maximum absolute atomic E-state index is 14.0. The molecular formula is C15H14ClFN2O. The van der Waals surface area contributed by atoms with Gasteiger partial charge in [-0.3, -0.25) is 5.41 Å². The first-order chi connectivity index (χ1) is 9.59. The molecule has 0 saturated heterocycles. The van der Waals surface area contributed by atoms with Crippen molar-refractivity contribution in [3.63, 3.8) is 0 Å². The SMILES string of the molecule is N=C(N)c1cccc(COCc2ccccc2Cl)c1F. The van der Waals surface area contributed by atoms with Gasteiger partial charge >= 0.3 is 0 Å². The lowest BCUT2D eigenvalue weighted by molar-refractivity contribution is 0.105. The molecule has 5 heteroatoms. The van der Waals surface area contributed by atoms with Crippen molar-refractivity contribution < 1.29 is 9.13 Å². The van der Waals surface area contributed by atoms with Crippen LogP contribution >= 0.6 is 11.6 Å². The third-order valence-corrected chi connectivity index (χ3v) is 3.21. The number of amidine groups is 1. The molecule has 3 nitrogen and oxygen atoms in total. The van der Waals surface area contributed by atoms with E-state index in [2.05, 4.69) is 0 Å². The maximum atomic E-state index is 14.0. The first-order valence-corrected chi connectivity index (χ1v) is 6.40. The first-order valence-electron chi connectivity index (χ1n) is 6.02. The van der Waals surface area contributed by atoms with Crippen LogP contribution < -0.4 is 5.73 Å². The lowest BCUT2D eigenvalue weighted by Gasteiger charge is -2.09. The number of rotatable bonds is 5. The van der Waals surface area contributed by atoms with Gasteiger partial charge in [-0.15, -0.1) is 0 Å². The Kier molecular flexibility index (Phi) is 4.71. The Labute approximate surface area is 121 Å². The van der Waals surface area contributed by atoms with Crippen LogP contribution in [0.4, 0.5) is 4.39 Å². The molecule has 2 aromatic carbocycles. The van der Waals surface area contributed by atoms with E-state index in [1.165, 1.54) is 6.07 Å². The average Bonchev–Trinajstić information content (AvgIpc) is 2.42. The van der Waals surface area contributed by atoms with Gasteiger partial charge in [0.2, 0.25) is 0 Å². The Morgan fingerprint density at radius 3 is 2.45 bits per heavy atom. The molecule has 0 saturated carbocycles. The molecule has 0 heterocycles. The van der Waals surface area contributed by atoms with Gasteiger partial charge in [0.1, 0.15) is 11.7 Å². The summed E-state index contributed by atoms with van der Waals surface area (Å²) >= 11 is 6.01. The minimum absolute atomic E-state index is 0.0869. The van der Waals surface area contributed by atoms with Crippen molar-refractivity contribution in [2.75, 3.05) is 0 Å². The van der Waals surface area contributed by atoms with Crippen LogP contribution in [0.5, 0.6) is 0 Å². The summed E-state index contributed by atoms with van der Waals surface area (Å²) in [5.74, 6) is -0.811. The quantitative estimate of drug-likeness (QED) is 0.655. The van der Waals surface area contributed by atoms with Gasteiger partial charge in [0.05, 0.1) is 18.8 Å². The molecule has 0 aliphatic carbocycles. The van der Waals surface area contributed by atoms with E-state index in [0.29, 0.717) is 17.2 Å². The number of hydrogen-bond donors (Lipinski definition) is 2. The smallest absolute Gasteiger partial charge is 0.139 e. The number of nitrogens with two attached hydrogens (primary N) is 1. The highest BCUT2D eigenvalue weighted by Gasteiger charge is 2.10. The Morgan fingerprint density at radius 1 is 1.10 bits per heavy atom. The average molecular weight is 293 g/mol. The van der Waals surface area contributed by atoms with Crippen LogP contribution in [0.25, 0.3) is 0 Å². The largest absolute Gasteiger partial charge is 0.384 e. The van der Waals surface area contributed by atoms with Gasteiger partial charge in [0.25, 0.3) is 0 Å². The summed E-state index contributed by atoms with van der Waals surface area (Å²) < 4.78 is 19.5. The molecule has 0 aromatic heterocycles. The molecule has 0 radical (unpaired) electrons. The second kappa shape index (κ2) is 6.50. The molecule has 104 valence electrons. The van der Waals surface area contributed by atoms with Crippen molar-refractivity contribution in [3.05, 3.63) is 70.0 Å². The van der Waals surface area contributed by atoms with Gasteiger partial charge in [-0.2, -0.15) is 0 Å². The number of ether oxygens (including phenoxy) is 1. The van der Waals surface area contributed by atoms with Crippen LogP contribution in [0, 0.1) is 11.2 Å². The standard InChI is InChI=1S/C15H14ClFN2O/c16-13-7-2-1-4-10(13)8-20-9-11-5-3-6-12(14(11)17)15(18)19/h1-7H,8-9H2,(H3,18,19). The predicted molar refractivity (Wildman–Crippen MR) is 77.4 cm³/mol. The monoisotopic (exact) mass is 292 g/mol. The number of hydrogen-bond acceptors (Lipinski definition) is 2. The van der Waals surface area contributed by atoms with Gasteiger partial charge in [-0.25, -0.2) is 4.39 Å². The summed E-state index contributed by atoms with van der Waals surface area (Å²) in [6, 6.07) is 12.0. The van der Waals surface area contributed by atoms with Crippen molar-refractivity contribution in [2.45, 2.75) is 13.2 Å². The van der Waals surface area contributed by atoms with Crippen LogP contribution in [0.3, 0.4) is 0 Å². The van der Waals surface area contributed by atoms with E-state index in [4.69, 9.17) is 27.5 Å². The molecule has 3 N–H and O–H groups in total. The van der Waals surface area contributed by atoms with Crippen molar-refractivity contribution in [1.29, 1.82) is 5.41 Å². The Hall–Kier alpha value is -1.91. The second-order valence-electron chi connectivity index (χ2n) is 4.28. The highest BCUT2D eigenvalue weighted by atomic mass is 35.5. The Balaban J connectivity index is 2.03. The zero-order chi connectivity index (χ0) is 14.5. The molecule has 0 spiro atoms. The number of nitrogen functional groups attached to an aromatic ring is 1. The van der Waals surface area contributed by atoms with E-state index in [0.717, 1.165) is 5.56 Å². The van der Waals surface area contributed by atoms with Gasteiger partial charge in [0.15, 0.2) is 0 Å². The third-order valence-electron chi connectivity index (χ3n) is 2.84. The zero-order valence-corrected chi connectivity index (χ0v) is 11.5. The molecule has 2 aromatic rings. The molecule has 0 aliphatic rings. The number of nitrogens with one attached hydrogen (secondary N) is 1. The molecule has 0 fully saturated rings. The minimum Gasteiger partial charge on any atom is -0.384 e. The van der Waals surface area contributed by atoms with Crippen molar-refractivity contribution in [1.82, 2.24) is 0 Å². The van der Waals surface area contributed by atoms with Crippen LogP contribution in [0.15, 0.2) is 42.5 Å². The molecule has 0 unspecified atom stereocenters. The first kappa shape index (κ1) is 14.5. The molecule has 0 atom stereocenters. The lowest BCUT2D eigenvalue weighted by Crippen LogP contribution is -2.14.